The average molecular weight is 176 g/mol. The lowest BCUT2D eigenvalue weighted by molar-refractivity contribution is -0.132. The van der Waals surface area contributed by atoms with Crippen LogP contribution < -0.4 is 5.32 Å². The maximum absolute atomic E-state index is 10.6. The molecule has 13 heavy (non-hydrogen) atoms. The third kappa shape index (κ3) is 1.33. The summed E-state index contributed by atoms with van der Waals surface area (Å²) in [5, 5.41) is 11.6. The van der Waals surface area contributed by atoms with Gasteiger partial charge in [-0.3, -0.25) is 0 Å². The molecule has 0 amide bonds. The Morgan fingerprint density at radius 1 is 1.46 bits per heavy atom. The highest BCUT2D eigenvalue weighted by molar-refractivity contribution is 5.90. The summed E-state index contributed by atoms with van der Waals surface area (Å²) in [6.45, 7) is 0. The summed E-state index contributed by atoms with van der Waals surface area (Å²) < 4.78 is 0. The number of allylic oxidation sites excluding steroid dienone is 1. The number of hydrogen-bond acceptors (Lipinski definition) is 3. The van der Waals surface area contributed by atoms with E-state index in [1.165, 1.54) is 0 Å². The van der Waals surface area contributed by atoms with Crippen LogP contribution in [0.5, 0.6) is 0 Å². The van der Waals surface area contributed by atoms with Crippen LogP contribution in [0.4, 0.5) is 0 Å². The Morgan fingerprint density at radius 3 is 3.08 bits per heavy atom. The van der Waals surface area contributed by atoms with Crippen LogP contribution in [0.2, 0.25) is 0 Å². The first kappa shape index (κ1) is 7.67. The molecule has 4 heteroatoms. The Bertz CT molecular complexity index is 364. The van der Waals surface area contributed by atoms with E-state index in [1.54, 1.807) is 41.9 Å². The van der Waals surface area contributed by atoms with Gasteiger partial charge in [-0.05, 0) is 12.2 Å². The molecule has 0 radical (unpaired) electrons. The Morgan fingerprint density at radius 2 is 2.31 bits per heavy atom. The molecule has 0 spiro atoms. The van der Waals surface area contributed by atoms with Crippen molar-refractivity contribution < 1.29 is 9.90 Å². The number of nitrogens with zero attached hydrogens (tertiary/aromatic N) is 1. The highest BCUT2D eigenvalue weighted by Gasteiger charge is 2.13. The number of rotatable bonds is 1. The standard InChI is InChI=1S/C9H8N2O2/c12-9(13)7-1-2-8-5-10-3-4-11(8)6-7/h1-6,10H,(H,12,13). The smallest absolute Gasteiger partial charge is 0.337 e. The third-order valence-corrected chi connectivity index (χ3v) is 1.82. The fourth-order valence-corrected chi connectivity index (χ4v) is 1.16. The number of hydrogen-bond donors (Lipinski definition) is 2. The van der Waals surface area contributed by atoms with Crippen molar-refractivity contribution in [3.05, 3.63) is 48.2 Å². The maximum Gasteiger partial charge on any atom is 0.337 e. The maximum atomic E-state index is 10.6. The first-order valence-corrected chi connectivity index (χ1v) is 3.82. The molecule has 4 nitrogen and oxygen atoms in total. The molecule has 0 atom stereocenters. The minimum Gasteiger partial charge on any atom is -0.478 e. The fraction of sp³-hybridized carbons (Fsp3) is 0. The van der Waals surface area contributed by atoms with Crippen LogP contribution in [0.25, 0.3) is 0 Å². The van der Waals surface area contributed by atoms with Gasteiger partial charge in [-0.2, -0.15) is 0 Å². The van der Waals surface area contributed by atoms with Crippen LogP contribution in [0.3, 0.4) is 0 Å². The quantitative estimate of drug-likeness (QED) is 0.618. The summed E-state index contributed by atoms with van der Waals surface area (Å²) in [6, 6.07) is 0. The second-order valence-electron chi connectivity index (χ2n) is 2.68. The van der Waals surface area contributed by atoms with Crippen molar-refractivity contribution in [1.29, 1.82) is 0 Å². The van der Waals surface area contributed by atoms with Crippen LogP contribution in [-0.2, 0) is 4.79 Å². The van der Waals surface area contributed by atoms with Crippen LogP contribution in [0.15, 0.2) is 48.2 Å². The van der Waals surface area contributed by atoms with Crippen molar-refractivity contribution in [2.75, 3.05) is 0 Å². The molecule has 2 N–H and O–H groups in total. The zero-order valence-corrected chi connectivity index (χ0v) is 6.77. The average Bonchev–Trinajstić information content (AvgIpc) is 2.17. The second-order valence-corrected chi connectivity index (χ2v) is 2.68. The highest BCUT2D eigenvalue weighted by atomic mass is 16.4. The lowest BCUT2D eigenvalue weighted by atomic mass is 10.2. The highest BCUT2D eigenvalue weighted by Crippen LogP contribution is 2.18. The zero-order chi connectivity index (χ0) is 9.26. The second kappa shape index (κ2) is 2.82. The molecule has 0 aliphatic carbocycles. The van der Waals surface area contributed by atoms with Crippen LogP contribution in [0, 0.1) is 0 Å². The fourth-order valence-electron chi connectivity index (χ4n) is 1.16. The zero-order valence-electron chi connectivity index (χ0n) is 6.77. The van der Waals surface area contributed by atoms with Crippen LogP contribution in [0.1, 0.15) is 0 Å². The lowest BCUT2D eigenvalue weighted by Crippen LogP contribution is -2.20. The molecule has 0 saturated carbocycles. The van der Waals surface area contributed by atoms with Crippen molar-refractivity contribution in [3.63, 3.8) is 0 Å². The molecule has 0 saturated heterocycles. The molecule has 0 aromatic carbocycles. The Kier molecular flexibility index (Phi) is 1.66. The predicted octanol–water partition coefficient (Wildman–Crippen LogP) is 0.743. The molecule has 0 aromatic rings. The van der Waals surface area contributed by atoms with Crippen LogP contribution in [-0.4, -0.2) is 16.0 Å². The normalized spacial score (nSPS) is 18.6. The molecule has 0 fully saturated rings. The topological polar surface area (TPSA) is 52.6 Å². The predicted molar refractivity (Wildman–Crippen MR) is 47.1 cm³/mol. The van der Waals surface area contributed by atoms with Gasteiger partial charge in [0.15, 0.2) is 0 Å². The van der Waals surface area contributed by atoms with Gasteiger partial charge < -0.3 is 15.3 Å². The summed E-state index contributed by atoms with van der Waals surface area (Å²) in [4.78, 5) is 12.4. The molecule has 66 valence electrons. The number of carboxylic acid groups (broad SMARTS) is 1. The number of carboxylic acids is 1. The van der Waals surface area contributed by atoms with Gasteiger partial charge in [0.2, 0.25) is 0 Å². The molecular weight excluding hydrogens is 168 g/mol. The minimum absolute atomic E-state index is 0.281. The molecule has 0 unspecified atom stereocenters. The van der Waals surface area contributed by atoms with Gasteiger partial charge in [-0.1, -0.05) is 0 Å². The van der Waals surface area contributed by atoms with Gasteiger partial charge in [0, 0.05) is 24.8 Å². The molecule has 2 rings (SSSR count). The van der Waals surface area contributed by atoms with E-state index in [0.717, 1.165) is 5.70 Å². The minimum atomic E-state index is -0.915. The molecule has 0 aromatic heterocycles. The van der Waals surface area contributed by atoms with E-state index in [-0.39, 0.29) is 5.57 Å². The van der Waals surface area contributed by atoms with Crippen molar-refractivity contribution >= 4 is 5.97 Å². The molecule has 2 heterocycles. The van der Waals surface area contributed by atoms with Crippen LogP contribution >= 0.6 is 0 Å². The largest absolute Gasteiger partial charge is 0.478 e. The third-order valence-electron chi connectivity index (χ3n) is 1.82. The molecule has 0 bridgehead atoms. The Hall–Kier alpha value is -1.97. The van der Waals surface area contributed by atoms with Crippen molar-refractivity contribution in [2.24, 2.45) is 0 Å². The van der Waals surface area contributed by atoms with E-state index >= 15 is 0 Å². The van der Waals surface area contributed by atoms with Gasteiger partial charge in [-0.25, -0.2) is 4.79 Å². The summed E-state index contributed by atoms with van der Waals surface area (Å²) >= 11 is 0. The van der Waals surface area contributed by atoms with E-state index in [9.17, 15) is 4.79 Å². The summed E-state index contributed by atoms with van der Waals surface area (Å²) in [7, 11) is 0. The summed E-state index contributed by atoms with van der Waals surface area (Å²) in [6.07, 6.45) is 10.2. The SMILES string of the molecule is O=C(O)C1=CN2C=CNC=C2C=C1. The lowest BCUT2D eigenvalue weighted by Gasteiger charge is -2.23. The van der Waals surface area contributed by atoms with Gasteiger partial charge >= 0.3 is 5.97 Å². The molecular formula is C9H8N2O2. The van der Waals surface area contributed by atoms with E-state index in [4.69, 9.17) is 5.11 Å². The van der Waals surface area contributed by atoms with E-state index in [0.29, 0.717) is 0 Å². The van der Waals surface area contributed by atoms with Crippen molar-refractivity contribution in [2.45, 2.75) is 0 Å². The number of aliphatic carboxylic acids is 1. The Balaban J connectivity index is 2.31. The van der Waals surface area contributed by atoms with Crippen molar-refractivity contribution in [1.82, 2.24) is 10.2 Å². The monoisotopic (exact) mass is 176 g/mol. The van der Waals surface area contributed by atoms with Gasteiger partial charge in [0.1, 0.15) is 0 Å². The summed E-state index contributed by atoms with van der Waals surface area (Å²) in [5.74, 6) is -0.915. The number of nitrogens with one attached hydrogen (secondary N) is 1. The van der Waals surface area contributed by atoms with E-state index in [2.05, 4.69) is 5.32 Å². The number of fused-ring (bicyclic) bond motifs is 1. The first-order chi connectivity index (χ1) is 6.27. The summed E-state index contributed by atoms with van der Waals surface area (Å²) in [5.41, 5.74) is 1.20. The van der Waals surface area contributed by atoms with Crippen molar-refractivity contribution in [3.8, 4) is 0 Å². The first-order valence-electron chi connectivity index (χ1n) is 3.82. The molecule has 2 aliphatic heterocycles. The van der Waals surface area contributed by atoms with Gasteiger partial charge in [0.05, 0.1) is 11.3 Å². The van der Waals surface area contributed by atoms with E-state index in [1.807, 2.05) is 0 Å². The van der Waals surface area contributed by atoms with E-state index < -0.39 is 5.97 Å². The Labute approximate surface area is 75.2 Å². The number of carbonyl (C=O) groups is 1. The van der Waals surface area contributed by atoms with Gasteiger partial charge in [-0.15, -0.1) is 0 Å². The molecule has 2 aliphatic rings. The van der Waals surface area contributed by atoms with Gasteiger partial charge in [0.25, 0.3) is 0 Å².